The van der Waals surface area contributed by atoms with Crippen molar-refractivity contribution >= 4 is 32.9 Å². The summed E-state index contributed by atoms with van der Waals surface area (Å²) in [6.07, 6.45) is 7.05. The molecule has 1 heterocycles. The highest BCUT2D eigenvalue weighted by Gasteiger charge is 2.38. The topological polar surface area (TPSA) is 3.24 Å². The molecule has 0 spiro atoms. The molecule has 2 atom stereocenters. The van der Waals surface area contributed by atoms with Gasteiger partial charge in [0.05, 0.1) is 6.04 Å². The molecule has 1 aliphatic heterocycles. The van der Waals surface area contributed by atoms with Gasteiger partial charge in [-0.1, -0.05) is 82.7 Å². The predicted octanol–water partition coefficient (Wildman–Crippen LogP) is 6.71. The first-order valence-electron chi connectivity index (χ1n) is 8.90. The zero-order valence-corrected chi connectivity index (χ0v) is 15.8. The highest BCUT2D eigenvalue weighted by atomic mass is 79.9. The fourth-order valence-corrected chi connectivity index (χ4v) is 4.46. The average molecular weight is 400 g/mol. The fraction of sp³-hybridized carbons (Fsp3) is 0.0833. The van der Waals surface area contributed by atoms with Crippen LogP contribution in [0, 0.1) is 0 Å². The van der Waals surface area contributed by atoms with Gasteiger partial charge in [-0.15, -0.1) is 0 Å². The van der Waals surface area contributed by atoms with Gasteiger partial charge in [-0.3, -0.25) is 0 Å². The normalized spacial score (nSPS) is 20.5. The lowest BCUT2D eigenvalue weighted by Crippen LogP contribution is -2.28. The van der Waals surface area contributed by atoms with Crippen LogP contribution >= 0.6 is 15.9 Å². The Bertz CT molecular complexity index is 1000. The van der Waals surface area contributed by atoms with Crippen molar-refractivity contribution in [3.8, 4) is 0 Å². The molecule has 1 nitrogen and oxygen atoms in total. The van der Waals surface area contributed by atoms with Crippen LogP contribution in [0.2, 0.25) is 0 Å². The summed E-state index contributed by atoms with van der Waals surface area (Å²) in [7, 11) is 0. The Morgan fingerprint density at radius 3 is 2.31 bits per heavy atom. The summed E-state index contributed by atoms with van der Waals surface area (Å²) in [4.78, 5) is 2.46. The van der Waals surface area contributed by atoms with Gasteiger partial charge in [-0.2, -0.15) is 0 Å². The lowest BCUT2D eigenvalue weighted by molar-refractivity contribution is 0.747. The molecule has 5 rings (SSSR count). The van der Waals surface area contributed by atoms with Crippen molar-refractivity contribution in [1.29, 1.82) is 0 Å². The molecule has 1 aliphatic carbocycles. The van der Waals surface area contributed by atoms with E-state index in [1.54, 1.807) is 0 Å². The van der Waals surface area contributed by atoms with E-state index in [-0.39, 0.29) is 0 Å². The van der Waals surface area contributed by atoms with Crippen molar-refractivity contribution in [1.82, 2.24) is 0 Å². The molecule has 3 aromatic carbocycles. The minimum atomic E-state index is 0.314. The zero-order valence-electron chi connectivity index (χ0n) is 14.2. The summed E-state index contributed by atoms with van der Waals surface area (Å²) in [6.45, 7) is 0. The first kappa shape index (κ1) is 15.7. The maximum atomic E-state index is 3.66. The Balaban J connectivity index is 1.65. The van der Waals surface area contributed by atoms with Gasteiger partial charge in [0.25, 0.3) is 0 Å². The summed E-state index contributed by atoms with van der Waals surface area (Å²) in [5, 5.41) is 0. The Labute approximate surface area is 162 Å². The molecule has 26 heavy (non-hydrogen) atoms. The van der Waals surface area contributed by atoms with E-state index >= 15 is 0 Å². The van der Waals surface area contributed by atoms with Crippen LogP contribution in [0.15, 0.2) is 102 Å². The van der Waals surface area contributed by atoms with Crippen molar-refractivity contribution in [2.45, 2.75) is 12.0 Å². The minimum absolute atomic E-state index is 0.314. The number of rotatable bonds is 2. The number of halogens is 1. The quantitative estimate of drug-likeness (QED) is 0.462. The summed E-state index contributed by atoms with van der Waals surface area (Å²) in [5.74, 6) is 0.350. The number of para-hydroxylation sites is 1. The van der Waals surface area contributed by atoms with E-state index in [9.17, 15) is 0 Å². The van der Waals surface area contributed by atoms with Gasteiger partial charge in [-0.25, -0.2) is 0 Å². The number of allylic oxidation sites excluding steroid dienone is 2. The monoisotopic (exact) mass is 399 g/mol. The van der Waals surface area contributed by atoms with Gasteiger partial charge >= 0.3 is 0 Å². The van der Waals surface area contributed by atoms with E-state index in [2.05, 4.69) is 118 Å². The largest absolute Gasteiger partial charge is 0.333 e. The summed E-state index contributed by atoms with van der Waals surface area (Å²) >= 11 is 3.66. The number of nitrogens with zero attached hydrogens (tertiary/aromatic N) is 1. The molecule has 3 aromatic rings. The average Bonchev–Trinajstić information content (AvgIpc) is 3.02. The van der Waals surface area contributed by atoms with Gasteiger partial charge < -0.3 is 4.90 Å². The van der Waals surface area contributed by atoms with Crippen LogP contribution < -0.4 is 4.90 Å². The molecule has 0 N–H and O–H groups in total. The maximum absolute atomic E-state index is 3.66. The first-order valence-corrected chi connectivity index (χ1v) is 9.70. The molecule has 126 valence electrons. The van der Waals surface area contributed by atoms with Gasteiger partial charge in [0.2, 0.25) is 0 Å². The molecule has 0 amide bonds. The summed E-state index contributed by atoms with van der Waals surface area (Å²) in [5.41, 5.74) is 6.49. The van der Waals surface area contributed by atoms with E-state index in [0.29, 0.717) is 12.0 Å². The van der Waals surface area contributed by atoms with E-state index < -0.39 is 0 Å². The lowest BCUT2D eigenvalue weighted by atomic mass is 9.86. The van der Waals surface area contributed by atoms with Crippen LogP contribution in [0.1, 0.15) is 17.0 Å². The molecule has 0 radical (unpaired) electrons. The van der Waals surface area contributed by atoms with E-state index in [1.807, 2.05) is 0 Å². The second-order valence-corrected chi connectivity index (χ2v) is 7.69. The molecule has 0 saturated heterocycles. The number of hydrogen-bond acceptors (Lipinski definition) is 1. The third kappa shape index (κ3) is 2.53. The van der Waals surface area contributed by atoms with Crippen LogP contribution in [0.25, 0.3) is 5.57 Å². The highest BCUT2D eigenvalue weighted by Crippen LogP contribution is 2.49. The van der Waals surface area contributed by atoms with Crippen molar-refractivity contribution in [3.63, 3.8) is 0 Å². The number of anilines is 2. The zero-order chi connectivity index (χ0) is 17.5. The molecule has 1 unspecified atom stereocenters. The van der Waals surface area contributed by atoms with E-state index in [1.165, 1.54) is 28.1 Å². The van der Waals surface area contributed by atoms with Gasteiger partial charge in [0, 0.05) is 21.8 Å². The minimum Gasteiger partial charge on any atom is -0.333 e. The van der Waals surface area contributed by atoms with Crippen molar-refractivity contribution in [2.24, 2.45) is 0 Å². The molecule has 0 aromatic heterocycles. The van der Waals surface area contributed by atoms with Crippen LogP contribution in [0.3, 0.4) is 0 Å². The molecule has 0 bridgehead atoms. The van der Waals surface area contributed by atoms with E-state index in [4.69, 9.17) is 0 Å². The van der Waals surface area contributed by atoms with E-state index in [0.717, 1.165) is 4.47 Å². The Kier molecular flexibility index (Phi) is 3.79. The third-order valence-corrected chi connectivity index (χ3v) is 5.74. The van der Waals surface area contributed by atoms with Crippen molar-refractivity contribution in [3.05, 3.63) is 113 Å². The summed E-state index contributed by atoms with van der Waals surface area (Å²) in [6, 6.07) is 28.3. The SMILES string of the molecule is Brc1ccc2c(c1)[C@@H]1C=C(c3ccccc3)C=CC1N2c1ccccc1. The van der Waals surface area contributed by atoms with Crippen molar-refractivity contribution < 1.29 is 0 Å². The maximum Gasteiger partial charge on any atom is 0.0630 e. The molecule has 0 saturated carbocycles. The molecule has 2 aliphatic rings. The third-order valence-electron chi connectivity index (χ3n) is 5.25. The van der Waals surface area contributed by atoms with Gasteiger partial charge in [0.15, 0.2) is 0 Å². The Hall–Kier alpha value is -2.58. The molecule has 0 fully saturated rings. The fourth-order valence-electron chi connectivity index (χ4n) is 4.09. The van der Waals surface area contributed by atoms with Gasteiger partial charge in [-0.05, 0) is 47.0 Å². The Morgan fingerprint density at radius 1 is 0.808 bits per heavy atom. The Morgan fingerprint density at radius 2 is 1.54 bits per heavy atom. The van der Waals surface area contributed by atoms with Crippen LogP contribution in [0.5, 0.6) is 0 Å². The first-order chi connectivity index (χ1) is 12.8. The molecule has 2 heteroatoms. The van der Waals surface area contributed by atoms with Crippen LogP contribution in [-0.2, 0) is 0 Å². The van der Waals surface area contributed by atoms with Crippen LogP contribution in [0.4, 0.5) is 11.4 Å². The number of benzene rings is 3. The van der Waals surface area contributed by atoms with Crippen LogP contribution in [-0.4, -0.2) is 6.04 Å². The standard InChI is InChI=1S/C24H18BrN/c25-19-12-14-24-22(16-19)21-15-18(17-7-3-1-4-8-17)11-13-23(21)26(24)20-9-5-2-6-10-20/h1-16,21,23H/t21-,23?/m0/s1. The smallest absolute Gasteiger partial charge is 0.0630 e. The van der Waals surface area contributed by atoms with Crippen molar-refractivity contribution in [2.75, 3.05) is 4.90 Å². The molecular formula is C24H18BrN. The molecular weight excluding hydrogens is 382 g/mol. The number of hydrogen-bond donors (Lipinski definition) is 0. The second-order valence-electron chi connectivity index (χ2n) is 6.77. The highest BCUT2D eigenvalue weighted by molar-refractivity contribution is 9.10. The lowest BCUT2D eigenvalue weighted by Gasteiger charge is -2.29. The summed E-state index contributed by atoms with van der Waals surface area (Å²) < 4.78 is 1.13. The second kappa shape index (κ2) is 6.30. The van der Waals surface area contributed by atoms with Gasteiger partial charge in [0.1, 0.15) is 0 Å². The number of fused-ring (bicyclic) bond motifs is 3. The predicted molar refractivity (Wildman–Crippen MR) is 113 cm³/mol.